The molecule has 0 bridgehead atoms. The molecule has 330 valence electrons. The molecule has 9 aromatic carbocycles. The van der Waals surface area contributed by atoms with E-state index in [9.17, 15) is 0 Å². The first-order valence-electron chi connectivity index (χ1n) is 24.9. The summed E-state index contributed by atoms with van der Waals surface area (Å²) in [7, 11) is 0. The van der Waals surface area contributed by atoms with Crippen molar-refractivity contribution in [2.24, 2.45) is 11.8 Å². The van der Waals surface area contributed by atoms with Gasteiger partial charge in [0.1, 0.15) is 0 Å². The molecule has 1 saturated carbocycles. The van der Waals surface area contributed by atoms with Crippen LogP contribution in [0, 0.1) is 11.8 Å². The van der Waals surface area contributed by atoms with Gasteiger partial charge in [0, 0.05) is 33.6 Å². The molecule has 13 rings (SSSR count). The van der Waals surface area contributed by atoms with Crippen molar-refractivity contribution in [1.82, 2.24) is 0 Å². The molecule has 0 aliphatic heterocycles. The summed E-state index contributed by atoms with van der Waals surface area (Å²) >= 11 is 0. The molecule has 4 aliphatic carbocycles. The monoisotopic (exact) mass is 876 g/mol. The highest BCUT2D eigenvalue weighted by Crippen LogP contribution is 2.67. The topological polar surface area (TPSA) is 6.48 Å². The molecule has 3 atom stereocenters. The molecule has 1 spiro atoms. The number of hydrogen-bond acceptors (Lipinski definition) is 2. The number of rotatable bonds is 8. The van der Waals surface area contributed by atoms with Crippen molar-refractivity contribution in [3.63, 3.8) is 0 Å². The van der Waals surface area contributed by atoms with Gasteiger partial charge in [-0.3, -0.25) is 0 Å². The standard InChI is InChI=1S/C66H56N2/c1-65(2)59-33-17-16-32-57(59)58-41-40-54(44-60(58)65)68(52-28-10-5-11-29-52)62-35-19-23-48-43-50-25-13-12-24-49-42-47-22-18-34-61(63(47)66(49,50)64(48)62)67(51-26-8-4-9-27-51)53-38-36-46(37-39-53)56-31-15-14-30-55(56)45-20-6-3-7-21-45/h3-11,14-23,26-41,44,49-50H,12-13,24-25,42-43H2,1-2H3. The van der Waals surface area contributed by atoms with Crippen LogP contribution in [-0.4, -0.2) is 0 Å². The Hall–Kier alpha value is -7.42. The molecule has 68 heavy (non-hydrogen) atoms. The minimum Gasteiger partial charge on any atom is -0.310 e. The van der Waals surface area contributed by atoms with Gasteiger partial charge in [0.2, 0.25) is 0 Å². The third-order valence-corrected chi connectivity index (χ3v) is 16.4. The van der Waals surface area contributed by atoms with Crippen molar-refractivity contribution >= 4 is 34.1 Å². The first-order chi connectivity index (χ1) is 33.5. The number of benzene rings is 9. The van der Waals surface area contributed by atoms with Crippen molar-refractivity contribution < 1.29 is 0 Å². The van der Waals surface area contributed by atoms with E-state index in [1.54, 1.807) is 11.1 Å². The predicted molar refractivity (Wildman–Crippen MR) is 284 cm³/mol. The SMILES string of the molecule is CC1(C)c2ccccc2-c2ccc(N(c3ccccc3)c3cccc4c3C35c6c(cccc6N(c6ccccc6)c6ccc(-c7ccccc7-c7ccccc7)cc6)CC3CCCCC5C4)cc21. The predicted octanol–water partition coefficient (Wildman–Crippen LogP) is 17.5. The molecule has 0 N–H and O–H groups in total. The van der Waals surface area contributed by atoms with Gasteiger partial charge in [-0.25, -0.2) is 0 Å². The zero-order chi connectivity index (χ0) is 45.4. The van der Waals surface area contributed by atoms with Gasteiger partial charge in [0.05, 0.1) is 11.4 Å². The third-order valence-electron chi connectivity index (χ3n) is 16.4. The molecule has 0 saturated heterocycles. The van der Waals surface area contributed by atoms with Crippen molar-refractivity contribution in [2.45, 2.75) is 63.2 Å². The zero-order valence-corrected chi connectivity index (χ0v) is 39.1. The van der Waals surface area contributed by atoms with Gasteiger partial charge in [-0.15, -0.1) is 0 Å². The van der Waals surface area contributed by atoms with Gasteiger partial charge in [0.25, 0.3) is 0 Å². The number of nitrogens with zero attached hydrogens (tertiary/aromatic N) is 2. The van der Waals surface area contributed by atoms with E-state index >= 15 is 0 Å². The van der Waals surface area contributed by atoms with Crippen molar-refractivity contribution in [3.05, 3.63) is 252 Å². The average molecular weight is 877 g/mol. The lowest BCUT2D eigenvalue weighted by atomic mass is 9.63. The first kappa shape index (κ1) is 40.8. The van der Waals surface area contributed by atoms with Gasteiger partial charge in [-0.05, 0) is 165 Å². The number of anilines is 6. The van der Waals surface area contributed by atoms with Crippen LogP contribution in [0.2, 0.25) is 0 Å². The van der Waals surface area contributed by atoms with Crippen molar-refractivity contribution in [1.29, 1.82) is 0 Å². The van der Waals surface area contributed by atoms with Gasteiger partial charge in [-0.2, -0.15) is 0 Å². The molecular weight excluding hydrogens is 821 g/mol. The lowest BCUT2D eigenvalue weighted by Gasteiger charge is -2.43. The van der Waals surface area contributed by atoms with Crippen LogP contribution in [0.4, 0.5) is 34.1 Å². The molecule has 9 aromatic rings. The Morgan fingerprint density at radius 2 is 0.809 bits per heavy atom. The summed E-state index contributed by atoms with van der Waals surface area (Å²) in [6, 6.07) is 82.2. The molecular formula is C66H56N2. The Kier molecular flexibility index (Phi) is 9.68. The van der Waals surface area contributed by atoms with E-state index in [4.69, 9.17) is 0 Å². The molecule has 0 heterocycles. The maximum atomic E-state index is 2.62. The van der Waals surface area contributed by atoms with Crippen LogP contribution in [-0.2, 0) is 23.7 Å². The summed E-state index contributed by atoms with van der Waals surface area (Å²) in [5.74, 6) is 0.989. The normalized spacial score (nSPS) is 19.1. The van der Waals surface area contributed by atoms with Crippen LogP contribution < -0.4 is 9.80 Å². The number of para-hydroxylation sites is 2. The minimum absolute atomic E-state index is 0.108. The van der Waals surface area contributed by atoms with Gasteiger partial charge < -0.3 is 9.80 Å². The summed E-state index contributed by atoms with van der Waals surface area (Å²) in [6.45, 7) is 4.81. The average Bonchev–Trinajstić information content (AvgIpc) is 3.94. The van der Waals surface area contributed by atoms with Crippen LogP contribution >= 0.6 is 0 Å². The highest BCUT2D eigenvalue weighted by molar-refractivity contribution is 5.90. The van der Waals surface area contributed by atoms with E-state index in [2.05, 4.69) is 242 Å². The smallest absolute Gasteiger partial charge is 0.0505 e. The van der Waals surface area contributed by atoms with E-state index < -0.39 is 0 Å². The van der Waals surface area contributed by atoms with Crippen molar-refractivity contribution in [3.8, 4) is 33.4 Å². The molecule has 0 radical (unpaired) electrons. The van der Waals surface area contributed by atoms with Crippen LogP contribution in [0.15, 0.2) is 218 Å². The highest BCUT2D eigenvalue weighted by Gasteiger charge is 2.59. The lowest BCUT2D eigenvalue weighted by Crippen LogP contribution is -2.39. The fourth-order valence-corrected chi connectivity index (χ4v) is 13.6. The molecule has 0 aromatic heterocycles. The molecule has 4 aliphatic rings. The van der Waals surface area contributed by atoms with E-state index in [0.717, 1.165) is 12.8 Å². The van der Waals surface area contributed by atoms with Crippen LogP contribution in [0.1, 0.15) is 72.9 Å². The summed E-state index contributed by atoms with van der Waals surface area (Å²) < 4.78 is 0. The van der Waals surface area contributed by atoms with Crippen LogP contribution in [0.3, 0.4) is 0 Å². The fourth-order valence-electron chi connectivity index (χ4n) is 13.6. The molecule has 3 unspecified atom stereocenters. The Bertz CT molecular complexity index is 3320. The minimum atomic E-state index is -0.171. The fraction of sp³-hybridized carbons (Fsp3) is 0.182. The summed E-state index contributed by atoms with van der Waals surface area (Å²) in [4.78, 5) is 5.21. The second-order valence-electron chi connectivity index (χ2n) is 20.3. The van der Waals surface area contributed by atoms with Crippen molar-refractivity contribution in [2.75, 3.05) is 9.80 Å². The first-order valence-corrected chi connectivity index (χ1v) is 24.9. The molecule has 2 heteroatoms. The molecule has 1 fully saturated rings. The second-order valence-corrected chi connectivity index (χ2v) is 20.3. The molecule has 2 nitrogen and oxygen atoms in total. The van der Waals surface area contributed by atoms with E-state index in [0.29, 0.717) is 11.8 Å². The number of hydrogen-bond donors (Lipinski definition) is 0. The van der Waals surface area contributed by atoms with E-state index in [1.165, 1.54) is 115 Å². The number of fused-ring (bicyclic) bond motifs is 5. The van der Waals surface area contributed by atoms with Crippen LogP contribution in [0.5, 0.6) is 0 Å². The Labute approximate surface area is 402 Å². The van der Waals surface area contributed by atoms with Crippen LogP contribution in [0.25, 0.3) is 33.4 Å². The maximum Gasteiger partial charge on any atom is 0.0505 e. The van der Waals surface area contributed by atoms with Gasteiger partial charge >= 0.3 is 0 Å². The largest absolute Gasteiger partial charge is 0.310 e. The Morgan fingerprint density at radius 1 is 0.368 bits per heavy atom. The van der Waals surface area contributed by atoms with Gasteiger partial charge in [0.15, 0.2) is 0 Å². The summed E-state index contributed by atoms with van der Waals surface area (Å²) in [5.41, 5.74) is 23.7. The maximum absolute atomic E-state index is 2.62. The molecule has 0 amide bonds. The lowest BCUT2D eigenvalue weighted by molar-refractivity contribution is 0.258. The van der Waals surface area contributed by atoms with E-state index in [1.807, 2.05) is 0 Å². The van der Waals surface area contributed by atoms with E-state index in [-0.39, 0.29) is 10.8 Å². The Balaban J connectivity index is 1.01. The van der Waals surface area contributed by atoms with Gasteiger partial charge in [-0.1, -0.05) is 184 Å². The second kappa shape index (κ2) is 16.1. The quantitative estimate of drug-likeness (QED) is 0.150. The highest BCUT2D eigenvalue weighted by atomic mass is 15.2. The summed E-state index contributed by atoms with van der Waals surface area (Å²) in [6.07, 6.45) is 7.22. The Morgan fingerprint density at radius 3 is 1.38 bits per heavy atom. The summed E-state index contributed by atoms with van der Waals surface area (Å²) in [5, 5.41) is 0. The third kappa shape index (κ3) is 6.23. The zero-order valence-electron chi connectivity index (χ0n) is 39.1.